The lowest BCUT2D eigenvalue weighted by Crippen LogP contribution is -2.40. The second kappa shape index (κ2) is 9.55. The number of nitrogens with zero attached hydrogens (tertiary/aromatic N) is 3. The van der Waals surface area contributed by atoms with Gasteiger partial charge in [0, 0.05) is 31.4 Å². The molecule has 1 fully saturated rings. The fourth-order valence-corrected chi connectivity index (χ4v) is 3.81. The zero-order valence-electron chi connectivity index (χ0n) is 17.5. The van der Waals surface area contributed by atoms with E-state index in [2.05, 4.69) is 45.8 Å². The van der Waals surface area contributed by atoms with E-state index in [1.54, 1.807) is 29.3 Å². The van der Waals surface area contributed by atoms with Gasteiger partial charge in [-0.25, -0.2) is 4.39 Å². The zero-order chi connectivity index (χ0) is 21.6. The number of rotatable bonds is 6. The summed E-state index contributed by atoms with van der Waals surface area (Å²) in [5.41, 5.74) is 7.64. The molecule has 0 atom stereocenters. The molecule has 0 aliphatic carbocycles. The van der Waals surface area contributed by atoms with E-state index >= 15 is 0 Å². The highest BCUT2D eigenvalue weighted by molar-refractivity contribution is 5.94. The number of aromatic nitrogens is 2. The Kier molecular flexibility index (Phi) is 6.40. The van der Waals surface area contributed by atoms with Crippen LogP contribution in [0.2, 0.25) is 0 Å². The van der Waals surface area contributed by atoms with Gasteiger partial charge in [0.15, 0.2) is 0 Å². The number of H-pyrrole nitrogens is 1. The number of likely N-dealkylation sites (tertiary alicyclic amines) is 1. The van der Waals surface area contributed by atoms with Crippen molar-refractivity contribution in [1.29, 1.82) is 0 Å². The first kappa shape index (κ1) is 20.8. The van der Waals surface area contributed by atoms with Gasteiger partial charge >= 0.3 is 0 Å². The number of amides is 1. The molecule has 0 unspecified atom stereocenters. The molecule has 31 heavy (non-hydrogen) atoms. The summed E-state index contributed by atoms with van der Waals surface area (Å²) in [4.78, 5) is 14.3. The maximum atomic E-state index is 13.9. The number of halogens is 1. The van der Waals surface area contributed by atoms with Gasteiger partial charge < -0.3 is 10.3 Å². The Morgan fingerprint density at radius 2 is 2.06 bits per heavy atom. The van der Waals surface area contributed by atoms with Crippen LogP contribution in [0.25, 0.3) is 11.1 Å². The first-order chi connectivity index (χ1) is 15.1. The molecule has 0 bridgehead atoms. The number of hydrazone groups is 1. The topological polar surface area (TPSA) is 73.4 Å². The summed E-state index contributed by atoms with van der Waals surface area (Å²) >= 11 is 0. The molecule has 0 spiro atoms. The molecule has 2 N–H and O–H groups in total. The maximum Gasteiger partial charge on any atom is 0.256 e. The highest BCUT2D eigenvalue weighted by Gasteiger charge is 2.24. The van der Waals surface area contributed by atoms with Gasteiger partial charge in [0.2, 0.25) is 0 Å². The van der Waals surface area contributed by atoms with E-state index in [1.807, 2.05) is 12.4 Å². The van der Waals surface area contributed by atoms with Gasteiger partial charge in [0.25, 0.3) is 5.91 Å². The van der Waals surface area contributed by atoms with Crippen molar-refractivity contribution in [2.75, 3.05) is 19.6 Å². The minimum atomic E-state index is -0.460. The van der Waals surface area contributed by atoms with Gasteiger partial charge in [-0.05, 0) is 60.6 Å². The van der Waals surface area contributed by atoms with Crippen molar-refractivity contribution in [3.63, 3.8) is 0 Å². The second-order valence-electron chi connectivity index (χ2n) is 7.89. The van der Waals surface area contributed by atoms with Crippen molar-refractivity contribution < 1.29 is 9.18 Å². The van der Waals surface area contributed by atoms with E-state index in [9.17, 15) is 9.18 Å². The lowest BCUT2D eigenvalue weighted by molar-refractivity contribution is 0.0685. The van der Waals surface area contributed by atoms with Crippen molar-refractivity contribution in [3.05, 3.63) is 77.4 Å². The number of piperidine rings is 1. The molecule has 1 aromatic heterocycles. The maximum absolute atomic E-state index is 13.9. The van der Waals surface area contributed by atoms with Crippen LogP contribution in [0.5, 0.6) is 0 Å². The monoisotopic (exact) mass is 419 g/mol. The molecule has 1 aliphatic rings. The lowest BCUT2D eigenvalue weighted by atomic mass is 9.96. The van der Waals surface area contributed by atoms with Crippen LogP contribution in [-0.2, 0) is 0 Å². The summed E-state index contributed by atoms with van der Waals surface area (Å²) in [6.45, 7) is 4.08. The molecule has 1 aliphatic heterocycles. The Balaban J connectivity index is 1.27. The Bertz CT molecular complexity index is 1060. The minimum absolute atomic E-state index is 0.150. The largest absolute Gasteiger partial charge is 0.339 e. The highest BCUT2D eigenvalue weighted by Crippen LogP contribution is 2.21. The number of hydrogen-bond acceptors (Lipinski definition) is 4. The first-order valence-corrected chi connectivity index (χ1v) is 10.5. The Labute approximate surface area is 181 Å². The van der Waals surface area contributed by atoms with E-state index in [-0.39, 0.29) is 11.5 Å². The second-order valence-corrected chi connectivity index (χ2v) is 7.89. The summed E-state index contributed by atoms with van der Waals surface area (Å²) in [7, 11) is 0. The average Bonchev–Trinajstić information content (AvgIpc) is 3.33. The summed E-state index contributed by atoms with van der Waals surface area (Å²) < 4.78 is 13.9. The Morgan fingerprint density at radius 3 is 2.81 bits per heavy atom. The first-order valence-electron chi connectivity index (χ1n) is 10.5. The van der Waals surface area contributed by atoms with E-state index in [1.165, 1.54) is 6.07 Å². The lowest BCUT2D eigenvalue weighted by Gasteiger charge is -2.32. The predicted octanol–water partition coefficient (Wildman–Crippen LogP) is 4.00. The van der Waals surface area contributed by atoms with Crippen LogP contribution in [0.1, 0.15) is 34.3 Å². The number of aromatic amines is 1. The van der Waals surface area contributed by atoms with E-state index in [4.69, 9.17) is 0 Å². The van der Waals surface area contributed by atoms with E-state index in [0.29, 0.717) is 19.0 Å². The smallest absolute Gasteiger partial charge is 0.256 e. The molecule has 7 heteroatoms. The SMILES string of the molecule is Cc1ccc(-c2cn[nH]c2)cc1/C=N\NCC1CCN(C(=O)c2ccccc2F)CC1. The summed E-state index contributed by atoms with van der Waals surface area (Å²) in [6, 6.07) is 12.4. The van der Waals surface area contributed by atoms with E-state index < -0.39 is 5.82 Å². The van der Waals surface area contributed by atoms with Gasteiger partial charge in [-0.3, -0.25) is 9.89 Å². The van der Waals surface area contributed by atoms with Crippen LogP contribution in [0.3, 0.4) is 0 Å². The van der Waals surface area contributed by atoms with Crippen LogP contribution in [-0.4, -0.2) is 46.9 Å². The Morgan fingerprint density at radius 1 is 1.26 bits per heavy atom. The molecule has 0 saturated carbocycles. The van der Waals surface area contributed by atoms with Crippen molar-refractivity contribution in [2.45, 2.75) is 19.8 Å². The fraction of sp³-hybridized carbons (Fsp3) is 0.292. The molecule has 0 radical (unpaired) electrons. The fourth-order valence-electron chi connectivity index (χ4n) is 3.81. The van der Waals surface area contributed by atoms with Gasteiger partial charge in [-0.1, -0.05) is 24.3 Å². The average molecular weight is 420 g/mol. The van der Waals surface area contributed by atoms with Gasteiger partial charge in [0.1, 0.15) is 5.82 Å². The molecule has 6 nitrogen and oxygen atoms in total. The molecule has 160 valence electrons. The van der Waals surface area contributed by atoms with Crippen molar-refractivity contribution in [3.8, 4) is 11.1 Å². The number of nitrogens with one attached hydrogen (secondary N) is 2. The number of hydrogen-bond donors (Lipinski definition) is 2. The zero-order valence-corrected chi connectivity index (χ0v) is 17.5. The normalized spacial score (nSPS) is 14.8. The predicted molar refractivity (Wildman–Crippen MR) is 119 cm³/mol. The molecular weight excluding hydrogens is 393 g/mol. The van der Waals surface area contributed by atoms with E-state index in [0.717, 1.165) is 41.6 Å². The molecule has 1 saturated heterocycles. The molecule has 3 aromatic rings. The quantitative estimate of drug-likeness (QED) is 0.469. The van der Waals surface area contributed by atoms with Gasteiger partial charge in [0.05, 0.1) is 18.0 Å². The molecule has 1 amide bonds. The number of aryl methyl sites for hydroxylation is 1. The number of carbonyl (C=O) groups is 1. The number of benzene rings is 2. The molecule has 4 rings (SSSR count). The summed E-state index contributed by atoms with van der Waals surface area (Å²) in [6.07, 6.45) is 7.26. The molecule has 2 aromatic carbocycles. The highest BCUT2D eigenvalue weighted by atomic mass is 19.1. The standard InChI is InChI=1S/C24H26FN5O/c1-17-6-7-19(21-15-28-29-16-21)12-20(17)14-27-26-13-18-8-10-30(11-9-18)24(31)22-4-2-3-5-23(22)25/h2-7,12,14-16,18,26H,8-11,13H2,1H3,(H,28,29)/b27-14-. The van der Waals surface area contributed by atoms with Crippen molar-refractivity contribution in [2.24, 2.45) is 11.0 Å². The molecule has 2 heterocycles. The minimum Gasteiger partial charge on any atom is -0.339 e. The Hall–Kier alpha value is -3.48. The third kappa shape index (κ3) is 4.99. The summed E-state index contributed by atoms with van der Waals surface area (Å²) in [5.74, 6) is -0.256. The van der Waals surface area contributed by atoms with Crippen LogP contribution >= 0.6 is 0 Å². The third-order valence-corrected chi connectivity index (χ3v) is 5.79. The van der Waals surface area contributed by atoms with Crippen LogP contribution in [0.4, 0.5) is 4.39 Å². The van der Waals surface area contributed by atoms with Crippen molar-refractivity contribution >= 4 is 12.1 Å². The van der Waals surface area contributed by atoms with Crippen molar-refractivity contribution in [1.82, 2.24) is 20.5 Å². The summed E-state index contributed by atoms with van der Waals surface area (Å²) in [5, 5.41) is 11.2. The van der Waals surface area contributed by atoms with Crippen LogP contribution in [0.15, 0.2) is 60.0 Å². The third-order valence-electron chi connectivity index (χ3n) is 5.79. The number of carbonyl (C=O) groups excluding carboxylic acids is 1. The van der Waals surface area contributed by atoms with Crippen LogP contribution in [0, 0.1) is 18.7 Å². The molecular formula is C24H26FN5O. The van der Waals surface area contributed by atoms with Crippen LogP contribution < -0.4 is 5.43 Å². The van der Waals surface area contributed by atoms with Gasteiger partial charge in [-0.2, -0.15) is 10.2 Å². The van der Waals surface area contributed by atoms with Gasteiger partial charge in [-0.15, -0.1) is 0 Å².